The van der Waals surface area contributed by atoms with Crippen molar-refractivity contribution in [2.24, 2.45) is 0 Å². The highest BCUT2D eigenvalue weighted by molar-refractivity contribution is 6.37. The zero-order valence-electron chi connectivity index (χ0n) is 12.4. The second kappa shape index (κ2) is 5.41. The molecule has 0 N–H and O–H groups in total. The highest BCUT2D eigenvalue weighted by Gasteiger charge is 2.22. The first kappa shape index (κ1) is 13.3. The van der Waals surface area contributed by atoms with Gasteiger partial charge < -0.3 is 4.12 Å². The normalized spacial score (nSPS) is 18.8. The topological polar surface area (TPSA) is 9.23 Å². The Balaban J connectivity index is 2.02. The zero-order chi connectivity index (χ0) is 14.2. The van der Waals surface area contributed by atoms with E-state index >= 15 is 0 Å². The number of fused-ring (bicyclic) bond motifs is 4. The van der Waals surface area contributed by atoms with E-state index in [2.05, 4.69) is 48.5 Å². The smallest absolute Gasteiger partial charge is 0.153 e. The van der Waals surface area contributed by atoms with Gasteiger partial charge in [-0.1, -0.05) is 36.4 Å². The van der Waals surface area contributed by atoms with Crippen molar-refractivity contribution in [1.82, 2.24) is 0 Å². The van der Waals surface area contributed by atoms with E-state index in [1.807, 2.05) is 0 Å². The quantitative estimate of drug-likeness (QED) is 0.522. The van der Waals surface area contributed by atoms with E-state index < -0.39 is 9.76 Å². The fourth-order valence-corrected chi connectivity index (χ4v) is 6.55. The van der Waals surface area contributed by atoms with Crippen LogP contribution >= 0.6 is 0 Å². The Labute approximate surface area is 130 Å². The molecule has 3 aromatic carbocycles. The molecule has 0 fully saturated rings. The molecule has 1 unspecified atom stereocenters. The van der Waals surface area contributed by atoms with E-state index in [9.17, 15) is 0 Å². The van der Waals surface area contributed by atoms with Crippen LogP contribution in [-0.2, 0) is 10.5 Å². The fraction of sp³-hybridized carbons (Fsp3) is 0.222. The number of rotatable bonds is 2. The number of aryl methyl sites for hydroxylation is 1. The first-order chi connectivity index (χ1) is 10.4. The summed E-state index contributed by atoms with van der Waals surface area (Å²) in [5.74, 6) is 0. The predicted octanol–water partition coefficient (Wildman–Crippen LogP) is 2.75. The van der Waals surface area contributed by atoms with Gasteiger partial charge in [0.15, 0.2) is 9.76 Å². The molecule has 1 aliphatic carbocycles. The van der Waals surface area contributed by atoms with Crippen LogP contribution in [0.4, 0.5) is 0 Å². The van der Waals surface area contributed by atoms with Gasteiger partial charge in [-0.3, -0.25) is 0 Å². The van der Waals surface area contributed by atoms with E-state index in [1.165, 1.54) is 40.8 Å². The van der Waals surface area contributed by atoms with Crippen molar-refractivity contribution in [3.63, 3.8) is 0 Å². The van der Waals surface area contributed by atoms with Gasteiger partial charge in [0.1, 0.15) is 10.5 Å². The molecule has 0 aliphatic heterocycles. The van der Waals surface area contributed by atoms with Crippen LogP contribution in [0.25, 0.3) is 21.5 Å². The molecule has 0 bridgehead atoms. The standard InChI is InChI=1S/C18H20OSi2/c20-19-21-17-7-3-6-12-8-9-15-10-13-4-1-2-5-14(13)11-16(15)18(12)17/h1-2,4-5,8-11,17H,3,6-7,21H2,20H3. The monoisotopic (exact) mass is 308 g/mol. The largest absolute Gasteiger partial charge is 0.468 e. The third-order valence-corrected chi connectivity index (χ3v) is 7.35. The van der Waals surface area contributed by atoms with Crippen molar-refractivity contribution < 1.29 is 4.12 Å². The van der Waals surface area contributed by atoms with E-state index in [0.717, 1.165) is 16.0 Å². The Morgan fingerprint density at radius 2 is 1.81 bits per heavy atom. The molecule has 0 aromatic heterocycles. The number of hydrogen-bond donors (Lipinski definition) is 0. The molecule has 0 saturated heterocycles. The molecule has 106 valence electrons. The Kier molecular flexibility index (Phi) is 3.41. The Hall–Kier alpha value is -1.43. The predicted molar refractivity (Wildman–Crippen MR) is 96.7 cm³/mol. The molecule has 21 heavy (non-hydrogen) atoms. The summed E-state index contributed by atoms with van der Waals surface area (Å²) in [6, 6.07) is 18.1. The molecule has 3 aromatic rings. The maximum atomic E-state index is 5.75. The number of hydrogen-bond acceptors (Lipinski definition) is 1. The van der Waals surface area contributed by atoms with Gasteiger partial charge >= 0.3 is 0 Å². The first-order valence-electron chi connectivity index (χ1n) is 7.80. The summed E-state index contributed by atoms with van der Waals surface area (Å²) < 4.78 is 5.75. The molecule has 1 atom stereocenters. The lowest BCUT2D eigenvalue weighted by Gasteiger charge is -2.26. The third kappa shape index (κ3) is 2.25. The average molecular weight is 309 g/mol. The van der Waals surface area contributed by atoms with Crippen LogP contribution < -0.4 is 0 Å². The molecule has 0 heterocycles. The van der Waals surface area contributed by atoms with Crippen molar-refractivity contribution in [3.05, 3.63) is 59.7 Å². The molecule has 1 aliphatic rings. The number of benzene rings is 3. The van der Waals surface area contributed by atoms with Crippen LogP contribution in [0.5, 0.6) is 0 Å². The average Bonchev–Trinajstić information content (AvgIpc) is 2.53. The van der Waals surface area contributed by atoms with Crippen LogP contribution in [0.3, 0.4) is 0 Å². The van der Waals surface area contributed by atoms with Gasteiger partial charge in [-0.05, 0) is 69.6 Å². The molecular weight excluding hydrogens is 288 g/mol. The summed E-state index contributed by atoms with van der Waals surface area (Å²) in [5.41, 5.74) is 3.91. The van der Waals surface area contributed by atoms with Gasteiger partial charge in [0.25, 0.3) is 0 Å². The minimum Gasteiger partial charge on any atom is -0.468 e. The molecule has 4 rings (SSSR count). The Bertz CT molecular complexity index is 813. The zero-order valence-corrected chi connectivity index (χ0v) is 15.8. The Morgan fingerprint density at radius 3 is 2.62 bits per heavy atom. The van der Waals surface area contributed by atoms with Crippen molar-refractivity contribution in [2.45, 2.75) is 24.8 Å². The summed E-state index contributed by atoms with van der Waals surface area (Å²) in [6.07, 6.45) is 3.90. The highest BCUT2D eigenvalue weighted by Crippen LogP contribution is 2.37. The van der Waals surface area contributed by atoms with Crippen molar-refractivity contribution in [3.8, 4) is 0 Å². The van der Waals surface area contributed by atoms with E-state index in [4.69, 9.17) is 4.12 Å². The minimum atomic E-state index is -0.411. The molecule has 0 amide bonds. The lowest BCUT2D eigenvalue weighted by atomic mass is 9.86. The van der Waals surface area contributed by atoms with E-state index in [0.29, 0.717) is 0 Å². The van der Waals surface area contributed by atoms with Gasteiger partial charge in [0.05, 0.1) is 0 Å². The summed E-state index contributed by atoms with van der Waals surface area (Å²) in [6.45, 7) is 0. The minimum absolute atomic E-state index is 0.411. The molecule has 3 heteroatoms. The maximum Gasteiger partial charge on any atom is 0.153 e. The SMILES string of the molecule is [SiH3]O[SiH2]C1CCCc2ccc3cc4ccccc4cc3c21. The highest BCUT2D eigenvalue weighted by atomic mass is 28.3. The van der Waals surface area contributed by atoms with Crippen molar-refractivity contribution in [1.29, 1.82) is 0 Å². The molecule has 0 saturated carbocycles. The fourth-order valence-electron chi connectivity index (χ4n) is 3.83. The van der Waals surface area contributed by atoms with E-state index in [-0.39, 0.29) is 0 Å². The molecule has 0 spiro atoms. The van der Waals surface area contributed by atoms with Gasteiger partial charge in [0.2, 0.25) is 0 Å². The van der Waals surface area contributed by atoms with E-state index in [1.54, 1.807) is 11.1 Å². The van der Waals surface area contributed by atoms with Gasteiger partial charge in [-0.15, -0.1) is 0 Å². The molecule has 0 radical (unpaired) electrons. The second-order valence-electron chi connectivity index (χ2n) is 6.10. The molecule has 1 nitrogen and oxygen atoms in total. The summed E-state index contributed by atoms with van der Waals surface area (Å²) in [7, 11) is 0.483. The van der Waals surface area contributed by atoms with Gasteiger partial charge in [-0.2, -0.15) is 0 Å². The van der Waals surface area contributed by atoms with Crippen LogP contribution in [0.1, 0.15) is 29.5 Å². The van der Waals surface area contributed by atoms with Crippen LogP contribution in [0.15, 0.2) is 48.5 Å². The van der Waals surface area contributed by atoms with Crippen LogP contribution in [0.2, 0.25) is 0 Å². The lowest BCUT2D eigenvalue weighted by Crippen LogP contribution is -2.17. The van der Waals surface area contributed by atoms with Crippen LogP contribution in [-0.4, -0.2) is 20.2 Å². The summed E-state index contributed by atoms with van der Waals surface area (Å²) >= 11 is 0. The second-order valence-corrected chi connectivity index (χ2v) is 9.73. The molecular formula is C18H20OSi2. The lowest BCUT2D eigenvalue weighted by molar-refractivity contribution is 0.590. The van der Waals surface area contributed by atoms with Gasteiger partial charge in [-0.25, -0.2) is 0 Å². The van der Waals surface area contributed by atoms with Crippen LogP contribution in [0, 0.1) is 0 Å². The summed E-state index contributed by atoms with van der Waals surface area (Å²) in [4.78, 5) is 0. The maximum absolute atomic E-state index is 5.75. The summed E-state index contributed by atoms with van der Waals surface area (Å²) in [5, 5.41) is 5.56. The van der Waals surface area contributed by atoms with Gasteiger partial charge in [0, 0.05) is 0 Å². The Morgan fingerprint density at radius 1 is 1.00 bits per heavy atom. The third-order valence-electron chi connectivity index (χ3n) is 4.79. The first-order valence-corrected chi connectivity index (χ1v) is 10.0. The van der Waals surface area contributed by atoms with Crippen molar-refractivity contribution in [2.75, 3.05) is 0 Å². The van der Waals surface area contributed by atoms with Crippen molar-refractivity contribution >= 4 is 41.8 Å².